The Balaban J connectivity index is 1.69. The lowest BCUT2D eigenvalue weighted by atomic mass is 9.88. The Labute approximate surface area is 210 Å². The highest BCUT2D eigenvalue weighted by Crippen LogP contribution is 2.49. The number of ether oxygens (including phenoxy) is 4. The van der Waals surface area contributed by atoms with Crippen molar-refractivity contribution in [2.24, 2.45) is 0 Å². The smallest absolute Gasteiger partial charge is 0.330 e. The summed E-state index contributed by atoms with van der Waals surface area (Å²) in [4.78, 5) is 11.5. The van der Waals surface area contributed by atoms with E-state index in [4.69, 9.17) is 18.9 Å². The minimum Gasteiger partial charge on any atom is -0.496 e. The number of methoxy groups -OCH3 is 1. The van der Waals surface area contributed by atoms with Crippen LogP contribution in [0.15, 0.2) is 72.8 Å². The van der Waals surface area contributed by atoms with Crippen molar-refractivity contribution in [3.63, 3.8) is 0 Å². The van der Waals surface area contributed by atoms with E-state index in [9.17, 15) is 13.2 Å². The Morgan fingerprint density at radius 1 is 1.11 bits per heavy atom. The van der Waals surface area contributed by atoms with Crippen molar-refractivity contribution in [3.05, 3.63) is 83.9 Å². The van der Waals surface area contributed by atoms with E-state index < -0.39 is 22.1 Å². The first-order valence-electron chi connectivity index (χ1n) is 11.3. The molecule has 36 heavy (non-hydrogen) atoms. The minimum absolute atomic E-state index is 0.187. The van der Waals surface area contributed by atoms with Gasteiger partial charge in [0.2, 0.25) is 10.0 Å². The Kier molecular flexibility index (Phi) is 7.49. The van der Waals surface area contributed by atoms with Crippen LogP contribution in [0, 0.1) is 0 Å². The van der Waals surface area contributed by atoms with Crippen LogP contribution in [0.4, 0.5) is 5.69 Å². The molecule has 188 valence electrons. The summed E-state index contributed by atoms with van der Waals surface area (Å²) in [6, 6.07) is 18.4. The molecule has 0 aliphatic carbocycles. The molecule has 9 heteroatoms. The number of carbonyl (C=O) groups is 1. The molecule has 1 unspecified atom stereocenters. The van der Waals surface area contributed by atoms with Gasteiger partial charge in [-0.3, -0.25) is 4.72 Å². The first-order valence-corrected chi connectivity index (χ1v) is 13.2. The lowest BCUT2D eigenvalue weighted by molar-refractivity contribution is -0.137. The summed E-state index contributed by atoms with van der Waals surface area (Å²) in [6.45, 7) is 2.24. The third-order valence-corrected chi connectivity index (χ3v) is 6.01. The summed E-state index contributed by atoms with van der Waals surface area (Å²) in [5.41, 5.74) is 3.70. The molecular weight excluding hydrogens is 482 g/mol. The molecule has 0 fully saturated rings. The third-order valence-electron chi connectivity index (χ3n) is 5.41. The van der Waals surface area contributed by atoms with E-state index in [-0.39, 0.29) is 6.61 Å². The molecule has 1 aliphatic heterocycles. The van der Waals surface area contributed by atoms with Gasteiger partial charge in [-0.15, -0.1) is 0 Å². The van der Waals surface area contributed by atoms with Crippen LogP contribution >= 0.6 is 0 Å². The minimum atomic E-state index is -3.46. The molecular formula is C27H27NO7S. The van der Waals surface area contributed by atoms with Gasteiger partial charge >= 0.3 is 5.97 Å². The van der Waals surface area contributed by atoms with Crippen molar-refractivity contribution in [1.82, 2.24) is 0 Å². The second kappa shape index (κ2) is 10.7. The summed E-state index contributed by atoms with van der Waals surface area (Å²) in [7, 11) is -1.87. The molecule has 0 bridgehead atoms. The fourth-order valence-corrected chi connectivity index (χ4v) is 4.57. The quantitative estimate of drug-likeness (QED) is 0.329. The van der Waals surface area contributed by atoms with E-state index in [2.05, 4.69) is 4.72 Å². The molecule has 0 spiro atoms. The van der Waals surface area contributed by atoms with Gasteiger partial charge < -0.3 is 18.9 Å². The van der Waals surface area contributed by atoms with Crippen molar-refractivity contribution < 1.29 is 32.2 Å². The second-order valence-corrected chi connectivity index (χ2v) is 9.79. The molecule has 3 aromatic rings. The highest BCUT2D eigenvalue weighted by Gasteiger charge is 2.30. The van der Waals surface area contributed by atoms with E-state index in [0.717, 1.165) is 28.5 Å². The van der Waals surface area contributed by atoms with Crippen LogP contribution in [0.2, 0.25) is 0 Å². The number of benzene rings is 3. The molecule has 0 saturated carbocycles. The zero-order chi connectivity index (χ0) is 25.7. The van der Waals surface area contributed by atoms with Gasteiger partial charge in [-0.05, 0) is 55.0 Å². The van der Waals surface area contributed by atoms with Gasteiger partial charge in [0.1, 0.15) is 30.0 Å². The molecule has 0 aromatic heterocycles. The maximum Gasteiger partial charge on any atom is 0.330 e. The lowest BCUT2D eigenvalue weighted by Gasteiger charge is -2.30. The van der Waals surface area contributed by atoms with Crippen molar-refractivity contribution >= 4 is 21.7 Å². The fourth-order valence-electron chi connectivity index (χ4n) is 4.01. The van der Waals surface area contributed by atoms with Crippen LogP contribution < -0.4 is 18.9 Å². The van der Waals surface area contributed by atoms with Crippen LogP contribution in [0.25, 0.3) is 11.1 Å². The second-order valence-electron chi connectivity index (χ2n) is 8.05. The van der Waals surface area contributed by atoms with Gasteiger partial charge in [0.15, 0.2) is 0 Å². The number of hydrogen-bond donors (Lipinski definition) is 1. The largest absolute Gasteiger partial charge is 0.496 e. The number of nitrogens with one attached hydrogen (secondary N) is 1. The van der Waals surface area contributed by atoms with Crippen molar-refractivity contribution in [2.75, 3.05) is 31.3 Å². The Morgan fingerprint density at radius 2 is 1.92 bits per heavy atom. The maximum absolute atomic E-state index is 11.9. The average molecular weight is 510 g/mol. The summed E-state index contributed by atoms with van der Waals surface area (Å²) in [5, 5.41) is 0. The van der Waals surface area contributed by atoms with Gasteiger partial charge in [-0.25, -0.2) is 13.2 Å². The van der Waals surface area contributed by atoms with Crippen LogP contribution in [0.1, 0.15) is 24.2 Å². The molecule has 1 atom stereocenters. The van der Waals surface area contributed by atoms with Crippen molar-refractivity contribution in [2.45, 2.75) is 13.0 Å². The molecule has 0 radical (unpaired) electrons. The van der Waals surface area contributed by atoms with Gasteiger partial charge in [0, 0.05) is 22.9 Å². The monoisotopic (exact) mass is 509 g/mol. The predicted octanol–water partition coefficient (Wildman–Crippen LogP) is 4.71. The van der Waals surface area contributed by atoms with Crippen LogP contribution in [-0.4, -0.2) is 41.0 Å². The van der Waals surface area contributed by atoms with E-state index in [1.165, 1.54) is 6.08 Å². The number of fused-ring (bicyclic) bond motifs is 3. The number of esters is 1. The van der Waals surface area contributed by atoms with Crippen LogP contribution in [-0.2, 0) is 19.6 Å². The molecule has 8 nitrogen and oxygen atoms in total. The summed E-state index contributed by atoms with van der Waals surface area (Å²) < 4.78 is 48.9. The molecule has 0 amide bonds. The zero-order valence-electron chi connectivity index (χ0n) is 20.2. The SMILES string of the molecule is CCOC(=O)/C=C/COc1cccc(C2Oc3cccc(OC)c3-c3ccc(NS(C)(=O)=O)cc32)c1. The average Bonchev–Trinajstić information content (AvgIpc) is 2.85. The fraction of sp³-hybridized carbons (Fsp3) is 0.222. The van der Waals surface area contributed by atoms with E-state index in [0.29, 0.717) is 29.5 Å². The van der Waals surface area contributed by atoms with E-state index >= 15 is 0 Å². The summed E-state index contributed by atoms with van der Waals surface area (Å²) in [5.74, 6) is 1.48. The standard InChI is InChI=1S/C27H27NO7S/c1-4-33-25(29)12-7-15-34-20-9-5-8-18(16-20)27-22-17-19(28-36(3,30)31)13-14-21(22)26-23(32-2)10-6-11-24(26)35-27/h5-14,16-17,27-28H,4,15H2,1-3H3/b12-7+. The highest BCUT2D eigenvalue weighted by atomic mass is 32.2. The van der Waals surface area contributed by atoms with Gasteiger partial charge in [0.25, 0.3) is 0 Å². The third kappa shape index (κ3) is 5.80. The lowest BCUT2D eigenvalue weighted by Crippen LogP contribution is -2.17. The first kappa shape index (κ1) is 25.1. The molecule has 3 aromatic carbocycles. The molecule has 4 rings (SSSR count). The highest BCUT2D eigenvalue weighted by molar-refractivity contribution is 7.92. The zero-order valence-corrected chi connectivity index (χ0v) is 21.0. The number of hydrogen-bond acceptors (Lipinski definition) is 7. The Hall–Kier alpha value is -3.98. The summed E-state index contributed by atoms with van der Waals surface area (Å²) >= 11 is 0. The first-order chi connectivity index (χ1) is 17.3. The van der Waals surface area contributed by atoms with Gasteiger partial charge in [0.05, 0.1) is 25.5 Å². The molecule has 1 aliphatic rings. The van der Waals surface area contributed by atoms with E-state index in [1.54, 1.807) is 32.2 Å². The van der Waals surface area contributed by atoms with Crippen molar-refractivity contribution in [3.8, 4) is 28.4 Å². The van der Waals surface area contributed by atoms with Gasteiger partial charge in [-0.2, -0.15) is 0 Å². The number of carbonyl (C=O) groups excluding carboxylic acids is 1. The molecule has 1 heterocycles. The summed E-state index contributed by atoms with van der Waals surface area (Å²) in [6.07, 6.45) is 3.49. The molecule has 1 N–H and O–H groups in total. The maximum atomic E-state index is 11.9. The Bertz CT molecular complexity index is 1400. The topological polar surface area (TPSA) is 100 Å². The van der Waals surface area contributed by atoms with Crippen molar-refractivity contribution in [1.29, 1.82) is 0 Å². The van der Waals surface area contributed by atoms with E-state index in [1.807, 2.05) is 48.5 Å². The number of rotatable bonds is 9. The number of sulfonamides is 1. The normalized spacial score (nSPS) is 14.4. The Morgan fingerprint density at radius 3 is 2.67 bits per heavy atom. The van der Waals surface area contributed by atoms with Crippen LogP contribution in [0.5, 0.6) is 17.2 Å². The predicted molar refractivity (Wildman–Crippen MR) is 137 cm³/mol. The number of anilines is 1. The van der Waals surface area contributed by atoms with Crippen LogP contribution in [0.3, 0.4) is 0 Å². The molecule has 0 saturated heterocycles. The van der Waals surface area contributed by atoms with Gasteiger partial charge in [-0.1, -0.05) is 24.3 Å².